The van der Waals surface area contributed by atoms with Crippen LogP contribution in [-0.4, -0.2) is 12.1 Å². The molecule has 2 nitrogen and oxygen atoms in total. The number of hydrogen-bond acceptors (Lipinski definition) is 2. The van der Waals surface area contributed by atoms with Crippen LogP contribution < -0.4 is 0 Å². The third-order valence-electron chi connectivity index (χ3n) is 3.83. The molecule has 0 N–H and O–H groups in total. The lowest BCUT2D eigenvalue weighted by Crippen LogP contribution is -2.23. The molecule has 1 saturated carbocycles. The number of aldehydes is 1. The van der Waals surface area contributed by atoms with Crippen LogP contribution in [0.2, 0.25) is 0 Å². The van der Waals surface area contributed by atoms with Crippen molar-refractivity contribution in [3.63, 3.8) is 0 Å². The van der Waals surface area contributed by atoms with Gasteiger partial charge in [0, 0.05) is 17.3 Å². The molecule has 0 spiro atoms. The molecule has 13 heavy (non-hydrogen) atoms. The highest BCUT2D eigenvalue weighted by molar-refractivity contribution is 5.94. The minimum absolute atomic E-state index is 0.0224. The number of carbonyl (C=O) groups excluding carboxylic acids is 2. The van der Waals surface area contributed by atoms with Crippen LogP contribution in [0.25, 0.3) is 0 Å². The molecule has 0 amide bonds. The molecule has 1 fully saturated rings. The Balaban J connectivity index is 2.93. The van der Waals surface area contributed by atoms with Crippen LogP contribution in [-0.2, 0) is 9.59 Å². The first-order valence-corrected chi connectivity index (χ1v) is 4.79. The summed E-state index contributed by atoms with van der Waals surface area (Å²) in [5.74, 6) is 0.152. The van der Waals surface area contributed by atoms with Crippen molar-refractivity contribution in [2.45, 2.75) is 34.6 Å². The van der Waals surface area contributed by atoms with Crippen molar-refractivity contribution in [2.75, 3.05) is 0 Å². The smallest absolute Gasteiger partial charge is 0.142 e. The largest absolute Gasteiger partial charge is 0.303 e. The average Bonchev–Trinajstić information content (AvgIpc) is 2.45. The maximum absolute atomic E-state index is 11.9. The highest BCUT2D eigenvalue weighted by atomic mass is 16.1. The van der Waals surface area contributed by atoms with Crippen LogP contribution in [0.3, 0.4) is 0 Å². The minimum atomic E-state index is -0.414. The Hall–Kier alpha value is -0.660. The molecule has 0 aromatic carbocycles. The van der Waals surface area contributed by atoms with Crippen molar-refractivity contribution in [3.05, 3.63) is 0 Å². The molecule has 0 bridgehead atoms. The molecule has 0 saturated heterocycles. The Morgan fingerprint density at radius 3 is 2.00 bits per heavy atom. The number of rotatable bonds is 3. The van der Waals surface area contributed by atoms with E-state index in [0.717, 1.165) is 6.29 Å². The molecular formula is C11H18O2. The van der Waals surface area contributed by atoms with Gasteiger partial charge < -0.3 is 4.79 Å². The van der Waals surface area contributed by atoms with Gasteiger partial charge in [0.05, 0.1) is 0 Å². The van der Waals surface area contributed by atoms with Crippen molar-refractivity contribution >= 4 is 12.1 Å². The van der Waals surface area contributed by atoms with Crippen LogP contribution in [0.1, 0.15) is 34.6 Å². The van der Waals surface area contributed by atoms with Gasteiger partial charge in [0.25, 0.3) is 0 Å². The lowest BCUT2D eigenvalue weighted by molar-refractivity contribution is -0.128. The van der Waals surface area contributed by atoms with E-state index in [9.17, 15) is 9.59 Å². The molecule has 2 heteroatoms. The van der Waals surface area contributed by atoms with E-state index in [1.807, 2.05) is 34.6 Å². The summed E-state index contributed by atoms with van der Waals surface area (Å²) in [7, 11) is 0. The quantitative estimate of drug-likeness (QED) is 0.626. The van der Waals surface area contributed by atoms with Gasteiger partial charge in [-0.3, -0.25) is 4.79 Å². The monoisotopic (exact) mass is 182 g/mol. The van der Waals surface area contributed by atoms with Gasteiger partial charge in [0.15, 0.2) is 0 Å². The lowest BCUT2D eigenvalue weighted by atomic mass is 9.87. The Kier molecular flexibility index (Phi) is 2.13. The Morgan fingerprint density at radius 2 is 1.77 bits per heavy atom. The SMILES string of the molecule is CC(C)C(=O)C1(C)C(C=O)C1(C)C. The summed E-state index contributed by atoms with van der Waals surface area (Å²) < 4.78 is 0. The summed E-state index contributed by atoms with van der Waals surface area (Å²) in [6, 6.07) is 0. The van der Waals surface area contributed by atoms with Crippen molar-refractivity contribution < 1.29 is 9.59 Å². The van der Waals surface area contributed by atoms with Crippen molar-refractivity contribution in [2.24, 2.45) is 22.7 Å². The van der Waals surface area contributed by atoms with Crippen molar-refractivity contribution in [1.82, 2.24) is 0 Å². The molecule has 0 aliphatic heterocycles. The van der Waals surface area contributed by atoms with Gasteiger partial charge >= 0.3 is 0 Å². The fraction of sp³-hybridized carbons (Fsp3) is 0.818. The van der Waals surface area contributed by atoms with Crippen LogP contribution in [0, 0.1) is 22.7 Å². The standard InChI is InChI=1S/C11H18O2/c1-7(2)9(13)11(5)8(6-12)10(11,3)4/h6-8H,1-5H3. The molecule has 74 valence electrons. The molecule has 2 unspecified atom stereocenters. The van der Waals surface area contributed by atoms with Crippen molar-refractivity contribution in [3.8, 4) is 0 Å². The topological polar surface area (TPSA) is 34.1 Å². The highest BCUT2D eigenvalue weighted by Crippen LogP contribution is 2.68. The summed E-state index contributed by atoms with van der Waals surface area (Å²) >= 11 is 0. The Bertz CT molecular complexity index is 253. The van der Waals surface area contributed by atoms with Gasteiger partial charge in [-0.25, -0.2) is 0 Å². The van der Waals surface area contributed by atoms with Gasteiger partial charge in [0.2, 0.25) is 0 Å². The third-order valence-corrected chi connectivity index (χ3v) is 3.83. The molecule has 2 atom stereocenters. The van der Waals surface area contributed by atoms with Gasteiger partial charge in [0.1, 0.15) is 12.1 Å². The lowest BCUT2D eigenvalue weighted by Gasteiger charge is -2.15. The molecule has 0 aromatic rings. The predicted octanol–water partition coefficient (Wildman–Crippen LogP) is 2.07. The first-order valence-electron chi connectivity index (χ1n) is 4.79. The van der Waals surface area contributed by atoms with Crippen LogP contribution in [0.15, 0.2) is 0 Å². The molecule has 0 radical (unpaired) electrons. The first kappa shape index (κ1) is 10.4. The fourth-order valence-electron chi connectivity index (χ4n) is 2.40. The predicted molar refractivity (Wildman–Crippen MR) is 51.3 cm³/mol. The second kappa shape index (κ2) is 2.66. The zero-order valence-electron chi connectivity index (χ0n) is 9.05. The zero-order valence-corrected chi connectivity index (χ0v) is 9.05. The molecule has 0 aromatic heterocycles. The van der Waals surface area contributed by atoms with E-state index in [2.05, 4.69) is 0 Å². The second-order valence-electron chi connectivity index (χ2n) is 5.06. The Labute approximate surface area is 79.7 Å². The number of ketones is 1. The molecule has 1 aliphatic carbocycles. The van der Waals surface area contributed by atoms with Gasteiger partial charge in [-0.05, 0) is 5.41 Å². The molecule has 0 heterocycles. The van der Waals surface area contributed by atoms with E-state index >= 15 is 0 Å². The second-order valence-corrected chi connectivity index (χ2v) is 5.06. The molecule has 1 rings (SSSR count). The summed E-state index contributed by atoms with van der Waals surface area (Å²) in [6.07, 6.45) is 0.931. The van der Waals surface area contributed by atoms with Crippen LogP contribution >= 0.6 is 0 Å². The van der Waals surface area contributed by atoms with E-state index < -0.39 is 5.41 Å². The maximum Gasteiger partial charge on any atom is 0.142 e. The maximum atomic E-state index is 11.9. The Morgan fingerprint density at radius 1 is 1.31 bits per heavy atom. The van der Waals surface area contributed by atoms with Crippen LogP contribution in [0.5, 0.6) is 0 Å². The van der Waals surface area contributed by atoms with E-state index in [1.165, 1.54) is 0 Å². The number of hydrogen-bond donors (Lipinski definition) is 0. The van der Waals surface area contributed by atoms with Gasteiger partial charge in [-0.2, -0.15) is 0 Å². The van der Waals surface area contributed by atoms with E-state index in [0.29, 0.717) is 0 Å². The van der Waals surface area contributed by atoms with E-state index in [-0.39, 0.29) is 23.0 Å². The first-order chi connectivity index (χ1) is 5.80. The highest BCUT2D eigenvalue weighted by Gasteiger charge is 2.71. The van der Waals surface area contributed by atoms with Gasteiger partial charge in [-0.15, -0.1) is 0 Å². The number of carbonyl (C=O) groups is 2. The molecule has 1 aliphatic rings. The third kappa shape index (κ3) is 1.07. The summed E-state index contributed by atoms with van der Waals surface area (Å²) in [5, 5.41) is 0. The molecular weight excluding hydrogens is 164 g/mol. The summed E-state index contributed by atoms with van der Waals surface area (Å²) in [6.45, 7) is 9.68. The normalized spacial score (nSPS) is 36.0. The van der Waals surface area contributed by atoms with Gasteiger partial charge in [-0.1, -0.05) is 34.6 Å². The summed E-state index contributed by atoms with van der Waals surface area (Å²) in [5.41, 5.74) is -0.557. The summed E-state index contributed by atoms with van der Waals surface area (Å²) in [4.78, 5) is 22.6. The van der Waals surface area contributed by atoms with Crippen molar-refractivity contribution in [1.29, 1.82) is 0 Å². The van der Waals surface area contributed by atoms with Crippen LogP contribution in [0.4, 0.5) is 0 Å². The van der Waals surface area contributed by atoms with E-state index in [4.69, 9.17) is 0 Å². The van der Waals surface area contributed by atoms with E-state index in [1.54, 1.807) is 0 Å². The average molecular weight is 182 g/mol. The fourth-order valence-corrected chi connectivity index (χ4v) is 2.40. The minimum Gasteiger partial charge on any atom is -0.303 e. The number of Topliss-reactive ketones (excluding diaryl/α,β-unsaturated/α-hetero) is 1. The zero-order chi connectivity index (χ0) is 10.4.